The number of carboxylic acids is 1. The first-order valence-electron chi connectivity index (χ1n) is 8.94. The topological polar surface area (TPSA) is 95.0 Å². The van der Waals surface area contributed by atoms with Gasteiger partial charge in [0, 0.05) is 34.2 Å². The van der Waals surface area contributed by atoms with Gasteiger partial charge in [0.05, 0.1) is 12.1 Å². The molecule has 1 aliphatic heterocycles. The molecule has 1 aliphatic rings. The smallest absolute Gasteiger partial charge is 0.416 e. The fourth-order valence-corrected chi connectivity index (χ4v) is 3.68. The standard InChI is InChI=1S/C20H17F3N2O5S/c1-31(30)15-7-5-14(6-8-15)24-11-16(18(27)28)17(26)25(19(24)29)10-12-3-2-4-13(9-12)20(21,22)23/h2-9,16H,10-11H2,1H3,(H,27,28). The molecule has 164 valence electrons. The van der Waals surface area contributed by atoms with Crippen LogP contribution in [-0.2, 0) is 33.1 Å². The number of hydrogen-bond acceptors (Lipinski definition) is 4. The highest BCUT2D eigenvalue weighted by Crippen LogP contribution is 2.31. The van der Waals surface area contributed by atoms with Crippen molar-refractivity contribution in [3.63, 3.8) is 0 Å². The molecule has 1 saturated heterocycles. The number of carbonyl (C=O) groups is 3. The van der Waals surface area contributed by atoms with Crippen molar-refractivity contribution in [1.82, 2.24) is 4.90 Å². The van der Waals surface area contributed by atoms with Gasteiger partial charge >= 0.3 is 18.2 Å². The minimum Gasteiger partial charge on any atom is -0.481 e. The number of carboxylic acid groups (broad SMARTS) is 1. The van der Waals surface area contributed by atoms with Gasteiger partial charge < -0.3 is 5.11 Å². The minimum atomic E-state index is -4.61. The van der Waals surface area contributed by atoms with Crippen molar-refractivity contribution < 1.29 is 36.9 Å². The molecule has 2 unspecified atom stereocenters. The van der Waals surface area contributed by atoms with E-state index >= 15 is 0 Å². The third-order valence-electron chi connectivity index (χ3n) is 4.76. The van der Waals surface area contributed by atoms with Gasteiger partial charge in [-0.1, -0.05) is 12.1 Å². The Morgan fingerprint density at radius 3 is 2.35 bits per heavy atom. The van der Waals surface area contributed by atoms with Crippen LogP contribution in [0.1, 0.15) is 11.1 Å². The van der Waals surface area contributed by atoms with Gasteiger partial charge in [-0.25, -0.2) is 4.79 Å². The van der Waals surface area contributed by atoms with E-state index in [2.05, 4.69) is 0 Å². The molecule has 0 bridgehead atoms. The van der Waals surface area contributed by atoms with Crippen molar-refractivity contribution in [2.24, 2.45) is 5.92 Å². The summed E-state index contributed by atoms with van der Waals surface area (Å²) in [6, 6.07) is 9.20. The molecule has 0 aliphatic carbocycles. The summed E-state index contributed by atoms with van der Waals surface area (Å²) in [5.74, 6) is -4.04. The average Bonchev–Trinajstić information content (AvgIpc) is 2.70. The van der Waals surface area contributed by atoms with E-state index < -0.39 is 59.5 Å². The van der Waals surface area contributed by atoms with Gasteiger partial charge in [-0.15, -0.1) is 0 Å². The highest BCUT2D eigenvalue weighted by Gasteiger charge is 2.43. The summed E-state index contributed by atoms with van der Waals surface area (Å²) in [5.41, 5.74) is -0.650. The number of aliphatic carboxylic acids is 1. The number of imide groups is 1. The molecule has 2 atom stereocenters. The lowest BCUT2D eigenvalue weighted by Crippen LogP contribution is -2.58. The number of anilines is 1. The Morgan fingerprint density at radius 1 is 1.16 bits per heavy atom. The van der Waals surface area contributed by atoms with Crippen molar-refractivity contribution in [3.8, 4) is 0 Å². The number of hydrogen-bond donors (Lipinski definition) is 1. The number of halogens is 3. The fraction of sp³-hybridized carbons (Fsp3) is 0.250. The number of amides is 3. The number of carbonyl (C=O) groups excluding carboxylic acids is 2. The summed E-state index contributed by atoms with van der Waals surface area (Å²) in [4.78, 5) is 39.4. The van der Waals surface area contributed by atoms with Crippen molar-refractivity contribution in [3.05, 3.63) is 59.7 Å². The fourth-order valence-electron chi connectivity index (χ4n) is 3.16. The molecule has 0 spiro atoms. The van der Waals surface area contributed by atoms with Crippen molar-refractivity contribution >= 4 is 34.4 Å². The predicted molar refractivity (Wildman–Crippen MR) is 105 cm³/mol. The first-order valence-corrected chi connectivity index (χ1v) is 10.5. The van der Waals surface area contributed by atoms with Gasteiger partial charge in [-0.2, -0.15) is 13.2 Å². The van der Waals surface area contributed by atoms with Gasteiger partial charge in [0.25, 0.3) is 0 Å². The van der Waals surface area contributed by atoms with E-state index in [4.69, 9.17) is 0 Å². The SMILES string of the molecule is CS(=O)c1ccc(N2CC(C(=O)O)C(=O)N(Cc3cccc(C(F)(F)F)c3)C2=O)cc1. The highest BCUT2D eigenvalue weighted by atomic mass is 32.2. The van der Waals surface area contributed by atoms with Crippen LogP contribution in [0.25, 0.3) is 0 Å². The maximum Gasteiger partial charge on any atom is 0.416 e. The molecule has 7 nitrogen and oxygen atoms in total. The maximum absolute atomic E-state index is 13.0. The van der Waals surface area contributed by atoms with E-state index in [0.717, 1.165) is 23.1 Å². The monoisotopic (exact) mass is 454 g/mol. The van der Waals surface area contributed by atoms with Crippen LogP contribution in [0, 0.1) is 5.92 Å². The number of alkyl halides is 3. The quantitative estimate of drug-likeness (QED) is 0.701. The van der Waals surface area contributed by atoms with E-state index in [-0.39, 0.29) is 11.3 Å². The minimum absolute atomic E-state index is 0.0271. The van der Waals surface area contributed by atoms with E-state index in [9.17, 15) is 36.9 Å². The lowest BCUT2D eigenvalue weighted by molar-refractivity contribution is -0.150. The summed E-state index contributed by atoms with van der Waals surface area (Å²) in [7, 11) is -1.27. The summed E-state index contributed by atoms with van der Waals surface area (Å²) >= 11 is 0. The molecule has 3 amide bonds. The molecule has 1 fully saturated rings. The van der Waals surface area contributed by atoms with Gasteiger partial charge in [0.2, 0.25) is 5.91 Å². The third-order valence-corrected chi connectivity index (χ3v) is 5.70. The second kappa shape index (κ2) is 8.50. The lowest BCUT2D eigenvalue weighted by Gasteiger charge is -2.37. The Morgan fingerprint density at radius 2 is 1.81 bits per heavy atom. The van der Waals surface area contributed by atoms with E-state index in [0.29, 0.717) is 9.80 Å². The molecule has 1 N–H and O–H groups in total. The second-order valence-electron chi connectivity index (χ2n) is 6.85. The van der Waals surface area contributed by atoms with E-state index in [1.165, 1.54) is 36.6 Å². The zero-order valence-corrected chi connectivity index (χ0v) is 16.9. The molecule has 3 rings (SSSR count). The Labute approximate surface area is 177 Å². The molecule has 0 radical (unpaired) electrons. The van der Waals surface area contributed by atoms with Crippen LogP contribution >= 0.6 is 0 Å². The molecule has 2 aromatic rings. The molecular formula is C20H17F3N2O5S. The molecular weight excluding hydrogens is 437 g/mol. The molecule has 0 saturated carbocycles. The highest BCUT2D eigenvalue weighted by molar-refractivity contribution is 7.84. The lowest BCUT2D eigenvalue weighted by atomic mass is 10.0. The molecule has 2 aromatic carbocycles. The van der Waals surface area contributed by atoms with Crippen LogP contribution in [0.3, 0.4) is 0 Å². The van der Waals surface area contributed by atoms with Gasteiger partial charge in [0.1, 0.15) is 0 Å². The molecule has 0 aromatic heterocycles. The van der Waals surface area contributed by atoms with Crippen LogP contribution in [0.2, 0.25) is 0 Å². The van der Waals surface area contributed by atoms with E-state index in [1.54, 1.807) is 0 Å². The first kappa shape index (κ1) is 22.5. The van der Waals surface area contributed by atoms with Crippen molar-refractivity contribution in [2.75, 3.05) is 17.7 Å². The summed E-state index contributed by atoms with van der Waals surface area (Å²) in [6.45, 7) is -0.945. The zero-order chi connectivity index (χ0) is 22.9. The first-order chi connectivity index (χ1) is 14.5. The Hall–Kier alpha value is -3.21. The van der Waals surface area contributed by atoms with Gasteiger partial charge in [-0.3, -0.25) is 23.6 Å². The summed E-state index contributed by atoms with van der Waals surface area (Å²) < 4.78 is 50.5. The normalized spacial score (nSPS) is 18.3. The number of rotatable bonds is 5. The largest absolute Gasteiger partial charge is 0.481 e. The van der Waals surface area contributed by atoms with Gasteiger partial charge in [-0.05, 0) is 42.0 Å². The van der Waals surface area contributed by atoms with Crippen LogP contribution < -0.4 is 4.90 Å². The summed E-state index contributed by atoms with van der Waals surface area (Å²) in [6.07, 6.45) is -3.14. The van der Waals surface area contributed by atoms with Crippen molar-refractivity contribution in [1.29, 1.82) is 0 Å². The molecule has 11 heteroatoms. The predicted octanol–water partition coefficient (Wildman–Crippen LogP) is 3.11. The van der Waals surface area contributed by atoms with E-state index in [1.807, 2.05) is 0 Å². The zero-order valence-electron chi connectivity index (χ0n) is 16.1. The molecule has 31 heavy (non-hydrogen) atoms. The van der Waals surface area contributed by atoms with Crippen LogP contribution in [0.4, 0.5) is 23.7 Å². The number of benzene rings is 2. The van der Waals surface area contributed by atoms with Crippen LogP contribution in [-0.4, -0.2) is 44.9 Å². The Kier molecular flexibility index (Phi) is 6.16. The Bertz CT molecular complexity index is 1060. The average molecular weight is 454 g/mol. The third kappa shape index (κ3) is 4.76. The van der Waals surface area contributed by atoms with Gasteiger partial charge in [0.15, 0.2) is 5.92 Å². The number of nitrogens with zero attached hydrogens (tertiary/aromatic N) is 2. The van der Waals surface area contributed by atoms with Crippen LogP contribution in [0.5, 0.6) is 0 Å². The maximum atomic E-state index is 13.0. The summed E-state index contributed by atoms with van der Waals surface area (Å²) in [5, 5.41) is 9.44. The van der Waals surface area contributed by atoms with Crippen molar-refractivity contribution in [2.45, 2.75) is 17.6 Å². The Balaban J connectivity index is 1.95. The van der Waals surface area contributed by atoms with Crippen LogP contribution in [0.15, 0.2) is 53.4 Å². The number of urea groups is 1. The molecule has 1 heterocycles. The second-order valence-corrected chi connectivity index (χ2v) is 8.23.